The van der Waals surface area contributed by atoms with E-state index in [1.165, 1.54) is 20.3 Å². The van der Waals surface area contributed by atoms with Crippen molar-refractivity contribution in [2.24, 2.45) is 0 Å². The molecule has 35 heavy (non-hydrogen) atoms. The summed E-state index contributed by atoms with van der Waals surface area (Å²) >= 11 is 6.15. The number of urea groups is 1. The molecule has 0 radical (unpaired) electrons. The molecule has 1 saturated heterocycles. The van der Waals surface area contributed by atoms with Gasteiger partial charge < -0.3 is 14.2 Å². The molecule has 3 aromatic carbocycles. The van der Waals surface area contributed by atoms with Crippen molar-refractivity contribution < 1.29 is 28.6 Å². The van der Waals surface area contributed by atoms with Crippen LogP contribution in [0.25, 0.3) is 6.08 Å². The topological polar surface area (TPSA) is 94.2 Å². The Balaban J connectivity index is 1.56. The van der Waals surface area contributed by atoms with Crippen molar-refractivity contribution in [3.63, 3.8) is 0 Å². The van der Waals surface area contributed by atoms with Crippen LogP contribution in [0.15, 0.2) is 72.3 Å². The Morgan fingerprint density at radius 3 is 2.31 bits per heavy atom. The van der Waals surface area contributed by atoms with Crippen molar-refractivity contribution in [1.82, 2.24) is 5.32 Å². The molecule has 1 aliphatic rings. The number of carbonyl (C=O) groups excluding carboxylic acids is 3. The van der Waals surface area contributed by atoms with Crippen molar-refractivity contribution in [1.29, 1.82) is 0 Å². The molecule has 4 rings (SSSR count). The summed E-state index contributed by atoms with van der Waals surface area (Å²) in [5, 5.41) is 2.80. The van der Waals surface area contributed by atoms with Crippen molar-refractivity contribution in [2.75, 3.05) is 19.1 Å². The zero-order valence-electron chi connectivity index (χ0n) is 18.9. The minimum atomic E-state index is -0.844. The Hall–Kier alpha value is -4.30. The van der Waals surface area contributed by atoms with Crippen LogP contribution in [0.4, 0.5) is 10.5 Å². The third-order valence-electron chi connectivity index (χ3n) is 5.29. The summed E-state index contributed by atoms with van der Waals surface area (Å²) < 4.78 is 16.3. The fourth-order valence-electron chi connectivity index (χ4n) is 3.45. The lowest BCUT2D eigenvalue weighted by Gasteiger charge is -2.26. The number of carbonyl (C=O) groups is 3. The molecule has 1 aliphatic heterocycles. The number of amides is 4. The van der Waals surface area contributed by atoms with Gasteiger partial charge in [-0.25, -0.2) is 9.69 Å². The fraction of sp³-hybridized carbons (Fsp3) is 0.115. The number of nitrogens with zero attached hydrogens (tertiary/aromatic N) is 1. The summed E-state index contributed by atoms with van der Waals surface area (Å²) in [7, 11) is 2.98. The monoisotopic (exact) mass is 492 g/mol. The molecule has 0 aliphatic carbocycles. The smallest absolute Gasteiger partial charge is 0.335 e. The maximum atomic E-state index is 13.2. The number of hydrogen-bond donors (Lipinski definition) is 1. The Labute approximate surface area is 206 Å². The van der Waals surface area contributed by atoms with Crippen LogP contribution in [-0.2, 0) is 16.2 Å². The van der Waals surface area contributed by atoms with Gasteiger partial charge in [-0.3, -0.25) is 14.9 Å². The number of anilines is 1. The molecular weight excluding hydrogens is 472 g/mol. The number of methoxy groups -OCH3 is 2. The van der Waals surface area contributed by atoms with E-state index in [1.807, 2.05) is 18.2 Å². The van der Waals surface area contributed by atoms with Crippen molar-refractivity contribution in [3.8, 4) is 17.2 Å². The number of barbiturate groups is 1. The van der Waals surface area contributed by atoms with E-state index in [-0.39, 0.29) is 17.9 Å². The van der Waals surface area contributed by atoms with Gasteiger partial charge in [0.05, 0.1) is 19.9 Å². The highest BCUT2D eigenvalue weighted by Crippen LogP contribution is 2.29. The van der Waals surface area contributed by atoms with Gasteiger partial charge in [-0.05, 0) is 48.5 Å². The SMILES string of the molecule is COc1ccc(C=C2C(=O)NC(=O)N(c3ccc(OCc4ccccc4Cl)cc3)C2=O)c(OC)c1. The number of halogens is 1. The van der Waals surface area contributed by atoms with Crippen molar-refractivity contribution >= 4 is 41.2 Å². The minimum Gasteiger partial charge on any atom is -0.497 e. The van der Waals surface area contributed by atoms with Crippen LogP contribution in [0, 0.1) is 0 Å². The van der Waals surface area contributed by atoms with Crippen LogP contribution in [0.5, 0.6) is 17.2 Å². The molecule has 0 saturated carbocycles. The molecule has 0 atom stereocenters. The molecule has 0 spiro atoms. The average Bonchev–Trinajstić information content (AvgIpc) is 2.86. The second-order valence-electron chi connectivity index (χ2n) is 7.44. The summed E-state index contributed by atoms with van der Waals surface area (Å²) in [6, 6.07) is 17.8. The van der Waals surface area contributed by atoms with Gasteiger partial charge >= 0.3 is 6.03 Å². The first-order valence-electron chi connectivity index (χ1n) is 10.5. The van der Waals surface area contributed by atoms with Gasteiger partial charge in [-0.2, -0.15) is 0 Å². The Bertz CT molecular complexity index is 1320. The summed E-state index contributed by atoms with van der Waals surface area (Å²) in [5.74, 6) is -0.0819. The number of imide groups is 2. The maximum Gasteiger partial charge on any atom is 0.335 e. The Kier molecular flexibility index (Phi) is 7.03. The zero-order chi connectivity index (χ0) is 24.9. The summed E-state index contributed by atoms with van der Waals surface area (Å²) in [6.07, 6.45) is 1.37. The summed E-state index contributed by atoms with van der Waals surface area (Å²) in [6.45, 7) is 0.257. The Morgan fingerprint density at radius 2 is 1.63 bits per heavy atom. The number of hydrogen-bond acceptors (Lipinski definition) is 6. The number of benzene rings is 3. The molecule has 0 unspecified atom stereocenters. The summed E-state index contributed by atoms with van der Waals surface area (Å²) in [5.41, 5.74) is 1.36. The van der Waals surface area contributed by atoms with Gasteiger partial charge in [0.2, 0.25) is 0 Å². The zero-order valence-corrected chi connectivity index (χ0v) is 19.7. The highest BCUT2D eigenvalue weighted by atomic mass is 35.5. The predicted octanol–water partition coefficient (Wildman–Crippen LogP) is 4.60. The van der Waals surface area contributed by atoms with Crippen LogP contribution < -0.4 is 24.4 Å². The molecule has 1 heterocycles. The van der Waals surface area contributed by atoms with Crippen LogP contribution in [0.1, 0.15) is 11.1 Å². The largest absolute Gasteiger partial charge is 0.497 e. The van der Waals surface area contributed by atoms with E-state index in [1.54, 1.807) is 48.5 Å². The first-order valence-corrected chi connectivity index (χ1v) is 10.9. The molecule has 1 N–H and O–H groups in total. The lowest BCUT2D eigenvalue weighted by Crippen LogP contribution is -2.54. The minimum absolute atomic E-state index is 0.216. The third kappa shape index (κ3) is 5.12. The summed E-state index contributed by atoms with van der Waals surface area (Å²) in [4.78, 5) is 39.1. The fourth-order valence-corrected chi connectivity index (χ4v) is 3.64. The van der Waals surface area contributed by atoms with E-state index in [0.717, 1.165) is 10.5 Å². The van der Waals surface area contributed by atoms with Gasteiger partial charge in [0.1, 0.15) is 29.4 Å². The normalized spacial score (nSPS) is 14.7. The molecule has 0 bridgehead atoms. The van der Waals surface area contributed by atoms with E-state index in [2.05, 4.69) is 5.32 Å². The van der Waals surface area contributed by atoms with Gasteiger partial charge in [-0.1, -0.05) is 29.8 Å². The van der Waals surface area contributed by atoms with Crippen molar-refractivity contribution in [3.05, 3.63) is 88.5 Å². The molecule has 8 nitrogen and oxygen atoms in total. The van der Waals surface area contributed by atoms with Crippen LogP contribution in [0.3, 0.4) is 0 Å². The van der Waals surface area contributed by atoms with Crippen LogP contribution in [0.2, 0.25) is 5.02 Å². The van der Waals surface area contributed by atoms with Crippen LogP contribution in [-0.4, -0.2) is 32.1 Å². The average molecular weight is 493 g/mol. The molecule has 0 aromatic heterocycles. The Morgan fingerprint density at radius 1 is 0.914 bits per heavy atom. The van der Waals surface area contributed by atoms with E-state index >= 15 is 0 Å². The molecule has 3 aromatic rings. The van der Waals surface area contributed by atoms with E-state index < -0.39 is 17.8 Å². The van der Waals surface area contributed by atoms with E-state index in [0.29, 0.717) is 27.8 Å². The lowest BCUT2D eigenvalue weighted by atomic mass is 10.1. The molecule has 178 valence electrons. The number of rotatable bonds is 7. The van der Waals surface area contributed by atoms with Gasteiger partial charge in [-0.15, -0.1) is 0 Å². The standard InChI is InChI=1S/C26H21ClN2O6/c1-33-20-10-7-16(23(14-20)34-2)13-21-24(30)28-26(32)29(25(21)31)18-8-11-19(12-9-18)35-15-17-5-3-4-6-22(17)27/h3-14H,15H2,1-2H3,(H,28,30,32). The third-order valence-corrected chi connectivity index (χ3v) is 5.66. The van der Waals surface area contributed by atoms with Gasteiger partial charge in [0.15, 0.2) is 0 Å². The van der Waals surface area contributed by atoms with Crippen molar-refractivity contribution in [2.45, 2.75) is 6.61 Å². The first kappa shape index (κ1) is 23.8. The highest BCUT2D eigenvalue weighted by Gasteiger charge is 2.37. The van der Waals surface area contributed by atoms with Gasteiger partial charge in [0, 0.05) is 22.2 Å². The molecule has 4 amide bonds. The number of ether oxygens (including phenoxy) is 3. The van der Waals surface area contributed by atoms with E-state index in [4.69, 9.17) is 25.8 Å². The van der Waals surface area contributed by atoms with Gasteiger partial charge in [0.25, 0.3) is 11.8 Å². The maximum absolute atomic E-state index is 13.2. The second-order valence-corrected chi connectivity index (χ2v) is 7.85. The molecular formula is C26H21ClN2O6. The highest BCUT2D eigenvalue weighted by molar-refractivity contribution is 6.39. The molecule has 9 heteroatoms. The quantitative estimate of drug-likeness (QED) is 0.382. The predicted molar refractivity (Wildman–Crippen MR) is 131 cm³/mol. The first-order chi connectivity index (χ1) is 16.9. The number of nitrogens with one attached hydrogen (secondary N) is 1. The molecule has 1 fully saturated rings. The second kappa shape index (κ2) is 10.3. The van der Waals surface area contributed by atoms with Crippen LogP contribution >= 0.6 is 11.6 Å². The van der Waals surface area contributed by atoms with E-state index in [9.17, 15) is 14.4 Å². The lowest BCUT2D eigenvalue weighted by molar-refractivity contribution is -0.122.